The maximum Gasteiger partial charge on any atom is 0.140 e. The number of hydrogen-bond acceptors (Lipinski definition) is 3. The normalized spacial score (nSPS) is 11.1. The Hall–Kier alpha value is -1.13. The maximum absolute atomic E-state index is 13.5. The number of halogens is 2. The summed E-state index contributed by atoms with van der Waals surface area (Å²) < 4.78 is 13.5. The molecule has 1 aromatic carbocycles. The van der Waals surface area contributed by atoms with E-state index >= 15 is 0 Å². The topological polar surface area (TPSA) is 25.8 Å². The molecule has 2 nitrogen and oxygen atoms in total. The van der Waals surface area contributed by atoms with Crippen LogP contribution in [0, 0.1) is 12.7 Å². The molecule has 0 N–H and O–H groups in total. The highest BCUT2D eigenvalue weighted by molar-refractivity contribution is 7.98. The van der Waals surface area contributed by atoms with Gasteiger partial charge in [0.1, 0.15) is 16.8 Å². The number of aryl methyl sites for hydroxylation is 1. The number of benzene rings is 1. The molecule has 2 aromatic rings. The maximum atomic E-state index is 13.5. The summed E-state index contributed by atoms with van der Waals surface area (Å²) in [6, 6.07) is 6.68. The summed E-state index contributed by atoms with van der Waals surface area (Å²) in [5, 5.41) is 0.497. The highest BCUT2D eigenvalue weighted by Gasteiger charge is 2.13. The Morgan fingerprint density at radius 2 is 1.95 bits per heavy atom. The quantitative estimate of drug-likeness (QED) is 0.587. The predicted octanol–water partition coefficient (Wildman–Crippen LogP) is 4.99. The van der Waals surface area contributed by atoms with Gasteiger partial charge in [-0.15, -0.1) is 11.8 Å². The van der Waals surface area contributed by atoms with Gasteiger partial charge in [-0.05, 0) is 25.0 Å². The molecule has 0 bridgehead atoms. The molecule has 0 aliphatic carbocycles. The molecule has 0 aliphatic heterocycles. The van der Waals surface area contributed by atoms with Crippen molar-refractivity contribution in [3.8, 4) is 0 Å². The fourth-order valence-electron chi connectivity index (χ4n) is 2.03. The summed E-state index contributed by atoms with van der Waals surface area (Å²) in [4.78, 5) is 9.37. The van der Waals surface area contributed by atoms with Crippen molar-refractivity contribution in [2.24, 2.45) is 0 Å². The third-order valence-electron chi connectivity index (χ3n) is 2.91. The van der Waals surface area contributed by atoms with Crippen molar-refractivity contribution in [2.75, 3.05) is 0 Å². The first-order valence-electron chi connectivity index (χ1n) is 6.39. The van der Waals surface area contributed by atoms with Gasteiger partial charge in [0, 0.05) is 16.2 Å². The molecule has 106 valence electrons. The monoisotopic (exact) mass is 310 g/mol. The summed E-state index contributed by atoms with van der Waals surface area (Å²) in [5.41, 5.74) is 1.87. The van der Waals surface area contributed by atoms with E-state index in [0.29, 0.717) is 21.6 Å². The smallest absolute Gasteiger partial charge is 0.140 e. The average Bonchev–Trinajstić information content (AvgIpc) is 2.36. The summed E-state index contributed by atoms with van der Waals surface area (Å²) >= 11 is 7.58. The largest absolute Gasteiger partial charge is 0.237 e. The van der Waals surface area contributed by atoms with E-state index in [1.165, 1.54) is 17.8 Å². The van der Waals surface area contributed by atoms with Crippen LogP contribution >= 0.6 is 23.4 Å². The summed E-state index contributed by atoms with van der Waals surface area (Å²) in [5.74, 6) is 1.19. The molecule has 0 unspecified atom stereocenters. The number of hydrogen-bond donors (Lipinski definition) is 0. The van der Waals surface area contributed by atoms with E-state index < -0.39 is 0 Å². The first-order valence-corrected chi connectivity index (χ1v) is 7.75. The Morgan fingerprint density at radius 3 is 2.55 bits per heavy atom. The minimum atomic E-state index is -0.223. The van der Waals surface area contributed by atoms with Crippen LogP contribution in [0.4, 0.5) is 4.39 Å². The minimum absolute atomic E-state index is 0.223. The molecule has 0 amide bonds. The van der Waals surface area contributed by atoms with Gasteiger partial charge in [-0.1, -0.05) is 37.6 Å². The molecule has 0 saturated carbocycles. The van der Waals surface area contributed by atoms with Gasteiger partial charge in [-0.2, -0.15) is 0 Å². The molecule has 0 fully saturated rings. The van der Waals surface area contributed by atoms with Crippen LogP contribution in [0.5, 0.6) is 0 Å². The Morgan fingerprint density at radius 1 is 1.25 bits per heavy atom. The lowest BCUT2D eigenvalue weighted by Crippen LogP contribution is -2.03. The first kappa shape index (κ1) is 15.3. The van der Waals surface area contributed by atoms with Gasteiger partial charge in [0.2, 0.25) is 0 Å². The molecular formula is C15H16ClFN2S. The first-order chi connectivity index (χ1) is 9.49. The van der Waals surface area contributed by atoms with Crippen LogP contribution in [0.1, 0.15) is 36.8 Å². The van der Waals surface area contributed by atoms with Crippen molar-refractivity contribution in [3.63, 3.8) is 0 Å². The van der Waals surface area contributed by atoms with Crippen LogP contribution in [0.3, 0.4) is 0 Å². The van der Waals surface area contributed by atoms with E-state index in [-0.39, 0.29) is 11.7 Å². The van der Waals surface area contributed by atoms with Crippen molar-refractivity contribution in [1.29, 1.82) is 0 Å². The van der Waals surface area contributed by atoms with Gasteiger partial charge in [-0.25, -0.2) is 14.4 Å². The van der Waals surface area contributed by atoms with Gasteiger partial charge >= 0.3 is 0 Å². The van der Waals surface area contributed by atoms with E-state index in [9.17, 15) is 4.39 Å². The van der Waals surface area contributed by atoms with Crippen LogP contribution in [-0.2, 0) is 5.75 Å². The molecular weight excluding hydrogens is 295 g/mol. The third-order valence-corrected chi connectivity index (χ3v) is 4.24. The number of aromatic nitrogens is 2. The lowest BCUT2D eigenvalue weighted by molar-refractivity contribution is 0.602. The van der Waals surface area contributed by atoms with Crippen molar-refractivity contribution in [2.45, 2.75) is 37.3 Å². The lowest BCUT2D eigenvalue weighted by Gasteiger charge is -2.12. The van der Waals surface area contributed by atoms with Crippen LogP contribution < -0.4 is 0 Å². The second kappa shape index (κ2) is 6.55. The minimum Gasteiger partial charge on any atom is -0.237 e. The standard InChI is InChI=1S/C15H16ClFN2S/c1-9(2)14-10(3)18-13(19-15(14)16)8-20-12-7-5-4-6-11(12)17/h4-7,9H,8H2,1-3H3. The molecule has 5 heteroatoms. The second-order valence-electron chi connectivity index (χ2n) is 4.80. The van der Waals surface area contributed by atoms with Crippen LogP contribution in [-0.4, -0.2) is 9.97 Å². The van der Waals surface area contributed by atoms with E-state index in [1.807, 2.05) is 13.0 Å². The third kappa shape index (κ3) is 3.49. The van der Waals surface area contributed by atoms with Crippen molar-refractivity contribution < 1.29 is 4.39 Å². The lowest BCUT2D eigenvalue weighted by atomic mass is 10.0. The zero-order valence-corrected chi connectivity index (χ0v) is 13.2. The summed E-state index contributed by atoms with van der Waals surface area (Å²) in [6.07, 6.45) is 0. The Balaban J connectivity index is 2.17. The molecule has 20 heavy (non-hydrogen) atoms. The molecule has 1 aromatic heterocycles. The van der Waals surface area contributed by atoms with Crippen LogP contribution in [0.25, 0.3) is 0 Å². The zero-order valence-electron chi connectivity index (χ0n) is 11.7. The Kier molecular flexibility index (Phi) is 5.00. The van der Waals surface area contributed by atoms with Crippen molar-refractivity contribution in [3.05, 3.63) is 52.3 Å². The molecule has 1 heterocycles. The second-order valence-corrected chi connectivity index (χ2v) is 6.18. The van der Waals surface area contributed by atoms with Gasteiger partial charge in [-0.3, -0.25) is 0 Å². The molecule has 0 atom stereocenters. The average molecular weight is 311 g/mol. The fourth-order valence-corrected chi connectivity index (χ4v) is 3.27. The summed E-state index contributed by atoms with van der Waals surface area (Å²) in [7, 11) is 0. The van der Waals surface area contributed by atoms with Crippen LogP contribution in [0.2, 0.25) is 5.15 Å². The SMILES string of the molecule is Cc1nc(CSc2ccccc2F)nc(Cl)c1C(C)C. The van der Waals surface area contributed by atoms with Crippen molar-refractivity contribution >= 4 is 23.4 Å². The van der Waals surface area contributed by atoms with Crippen LogP contribution in [0.15, 0.2) is 29.2 Å². The van der Waals surface area contributed by atoms with E-state index in [1.54, 1.807) is 12.1 Å². The molecule has 0 spiro atoms. The van der Waals surface area contributed by atoms with Gasteiger partial charge < -0.3 is 0 Å². The highest BCUT2D eigenvalue weighted by atomic mass is 35.5. The van der Waals surface area contributed by atoms with Gasteiger partial charge in [0.15, 0.2) is 0 Å². The Labute approximate surface area is 127 Å². The van der Waals surface area contributed by atoms with E-state index in [0.717, 1.165) is 11.3 Å². The number of nitrogens with zero attached hydrogens (tertiary/aromatic N) is 2. The molecule has 2 rings (SSSR count). The highest BCUT2D eigenvalue weighted by Crippen LogP contribution is 2.28. The number of thioether (sulfide) groups is 1. The van der Waals surface area contributed by atoms with Crippen molar-refractivity contribution in [1.82, 2.24) is 9.97 Å². The van der Waals surface area contributed by atoms with Gasteiger partial charge in [0.05, 0.1) is 5.75 Å². The van der Waals surface area contributed by atoms with E-state index in [4.69, 9.17) is 11.6 Å². The predicted molar refractivity (Wildman–Crippen MR) is 81.8 cm³/mol. The number of rotatable bonds is 4. The zero-order chi connectivity index (χ0) is 14.7. The van der Waals surface area contributed by atoms with E-state index in [2.05, 4.69) is 23.8 Å². The fraction of sp³-hybridized carbons (Fsp3) is 0.333. The Bertz CT molecular complexity index is 594. The van der Waals surface area contributed by atoms with Gasteiger partial charge in [0.25, 0.3) is 0 Å². The molecule has 0 saturated heterocycles. The molecule has 0 radical (unpaired) electrons. The summed E-state index contributed by atoms with van der Waals surface area (Å²) in [6.45, 7) is 6.05. The molecule has 0 aliphatic rings.